The summed E-state index contributed by atoms with van der Waals surface area (Å²) in [7, 11) is 1.27. The van der Waals surface area contributed by atoms with Crippen LogP contribution in [0.3, 0.4) is 0 Å². The molecular weight excluding hydrogens is 372 g/mol. The molecule has 1 aromatic carbocycles. The van der Waals surface area contributed by atoms with Crippen molar-refractivity contribution in [2.24, 2.45) is 17.6 Å². The van der Waals surface area contributed by atoms with Crippen LogP contribution in [0.4, 0.5) is 10.5 Å². The highest BCUT2D eigenvalue weighted by Gasteiger charge is 2.24. The Hall–Kier alpha value is -2.61. The van der Waals surface area contributed by atoms with Crippen LogP contribution in [0.15, 0.2) is 24.3 Å². The second-order valence-corrected chi connectivity index (χ2v) is 7.98. The summed E-state index contributed by atoms with van der Waals surface area (Å²) in [4.78, 5) is 37.7. The van der Waals surface area contributed by atoms with Crippen molar-refractivity contribution in [1.82, 2.24) is 10.2 Å². The molecule has 1 fully saturated rings. The number of primary amides is 1. The number of rotatable bonds is 8. The quantitative estimate of drug-likeness (QED) is 0.614. The van der Waals surface area contributed by atoms with Gasteiger partial charge in [0.25, 0.3) is 0 Å². The van der Waals surface area contributed by atoms with Crippen LogP contribution in [-0.2, 0) is 20.9 Å². The minimum Gasteiger partial charge on any atom is -0.453 e. The van der Waals surface area contributed by atoms with Crippen molar-refractivity contribution in [2.75, 3.05) is 25.5 Å². The Labute approximate surface area is 172 Å². The molecule has 160 valence electrons. The number of carbonyl (C=O) groups is 3. The normalized spacial score (nSPS) is 18.1. The smallest absolute Gasteiger partial charge is 0.407 e. The average Bonchev–Trinajstić information content (AvgIpc) is 2.68. The van der Waals surface area contributed by atoms with Crippen LogP contribution in [-0.4, -0.2) is 49.0 Å². The Kier molecular flexibility index (Phi) is 8.45. The molecule has 0 saturated carbocycles. The third kappa shape index (κ3) is 7.38. The fourth-order valence-electron chi connectivity index (χ4n) is 3.52. The number of benzene rings is 1. The van der Waals surface area contributed by atoms with E-state index in [-0.39, 0.29) is 23.7 Å². The Morgan fingerprint density at radius 3 is 2.52 bits per heavy atom. The molecule has 0 radical (unpaired) electrons. The van der Waals surface area contributed by atoms with Gasteiger partial charge in [0.1, 0.15) is 6.04 Å². The number of alkyl carbamates (subject to hydrolysis) is 1. The van der Waals surface area contributed by atoms with E-state index in [2.05, 4.69) is 20.3 Å². The van der Waals surface area contributed by atoms with Gasteiger partial charge in [0.2, 0.25) is 11.8 Å². The van der Waals surface area contributed by atoms with Crippen molar-refractivity contribution >= 4 is 23.6 Å². The van der Waals surface area contributed by atoms with Crippen LogP contribution in [0.1, 0.15) is 38.7 Å². The lowest BCUT2D eigenvalue weighted by Crippen LogP contribution is -2.44. The molecule has 29 heavy (non-hydrogen) atoms. The molecule has 1 aliphatic rings. The largest absolute Gasteiger partial charge is 0.453 e. The number of hydrogen-bond donors (Lipinski definition) is 3. The van der Waals surface area contributed by atoms with Gasteiger partial charge in [-0.1, -0.05) is 26.0 Å². The van der Waals surface area contributed by atoms with Gasteiger partial charge in [-0.15, -0.1) is 0 Å². The van der Waals surface area contributed by atoms with E-state index in [0.29, 0.717) is 18.7 Å². The van der Waals surface area contributed by atoms with Crippen molar-refractivity contribution in [2.45, 2.75) is 45.7 Å². The number of carbonyl (C=O) groups excluding carboxylic acids is 3. The van der Waals surface area contributed by atoms with Crippen LogP contribution in [0.5, 0.6) is 0 Å². The maximum absolute atomic E-state index is 12.6. The predicted molar refractivity (Wildman–Crippen MR) is 111 cm³/mol. The molecule has 1 aliphatic heterocycles. The molecule has 0 aliphatic carbocycles. The number of anilines is 1. The van der Waals surface area contributed by atoms with Gasteiger partial charge in [0.15, 0.2) is 0 Å². The topological polar surface area (TPSA) is 114 Å². The van der Waals surface area contributed by atoms with E-state index in [0.717, 1.165) is 31.5 Å². The molecule has 8 nitrogen and oxygen atoms in total. The molecule has 4 N–H and O–H groups in total. The Morgan fingerprint density at radius 2 is 1.93 bits per heavy atom. The summed E-state index contributed by atoms with van der Waals surface area (Å²) >= 11 is 0. The number of ether oxygens (including phenoxy) is 1. The van der Waals surface area contributed by atoms with Gasteiger partial charge in [-0.3, -0.25) is 14.5 Å². The van der Waals surface area contributed by atoms with E-state index in [1.165, 1.54) is 7.11 Å². The lowest BCUT2D eigenvalue weighted by molar-refractivity contribution is -0.123. The first-order valence-corrected chi connectivity index (χ1v) is 10.0. The van der Waals surface area contributed by atoms with Gasteiger partial charge in [-0.05, 0) is 49.4 Å². The molecule has 0 bridgehead atoms. The minimum absolute atomic E-state index is 0.0810. The van der Waals surface area contributed by atoms with Crippen molar-refractivity contribution in [1.29, 1.82) is 0 Å². The van der Waals surface area contributed by atoms with Crippen LogP contribution in [0.2, 0.25) is 0 Å². The van der Waals surface area contributed by atoms with Crippen molar-refractivity contribution in [3.63, 3.8) is 0 Å². The van der Waals surface area contributed by atoms with Crippen molar-refractivity contribution < 1.29 is 19.1 Å². The summed E-state index contributed by atoms with van der Waals surface area (Å²) in [5.74, 6) is -0.358. The molecule has 1 heterocycles. The number of hydrogen-bond acceptors (Lipinski definition) is 5. The zero-order valence-electron chi connectivity index (χ0n) is 17.4. The fourth-order valence-corrected chi connectivity index (χ4v) is 3.52. The molecular formula is C21H32N4O4. The van der Waals surface area contributed by atoms with Gasteiger partial charge in [-0.2, -0.15) is 0 Å². The van der Waals surface area contributed by atoms with E-state index in [9.17, 15) is 14.4 Å². The number of nitrogens with two attached hydrogens (primary N) is 1. The van der Waals surface area contributed by atoms with Crippen LogP contribution < -0.4 is 16.4 Å². The molecule has 0 spiro atoms. The number of methoxy groups -OCH3 is 1. The maximum Gasteiger partial charge on any atom is 0.407 e. The Morgan fingerprint density at radius 1 is 1.24 bits per heavy atom. The molecule has 2 rings (SSSR count). The molecule has 0 aromatic heterocycles. The highest BCUT2D eigenvalue weighted by molar-refractivity contribution is 5.96. The summed E-state index contributed by atoms with van der Waals surface area (Å²) in [6, 6.07) is 6.92. The number of likely N-dealkylation sites (tertiary alicyclic amines) is 1. The van der Waals surface area contributed by atoms with E-state index in [1.54, 1.807) is 0 Å². The first-order chi connectivity index (χ1) is 13.8. The van der Waals surface area contributed by atoms with E-state index < -0.39 is 12.1 Å². The van der Waals surface area contributed by atoms with Crippen LogP contribution in [0.25, 0.3) is 0 Å². The third-order valence-electron chi connectivity index (χ3n) is 5.04. The van der Waals surface area contributed by atoms with Crippen molar-refractivity contribution in [3.05, 3.63) is 29.8 Å². The highest BCUT2D eigenvalue weighted by Crippen LogP contribution is 2.19. The lowest BCUT2D eigenvalue weighted by atomic mass is 9.97. The van der Waals surface area contributed by atoms with E-state index >= 15 is 0 Å². The molecule has 8 heteroatoms. The average molecular weight is 405 g/mol. The number of nitrogens with zero attached hydrogens (tertiary/aromatic N) is 1. The highest BCUT2D eigenvalue weighted by atomic mass is 16.5. The van der Waals surface area contributed by atoms with Gasteiger partial charge < -0.3 is 21.1 Å². The summed E-state index contributed by atoms with van der Waals surface area (Å²) in [6.07, 6.45) is 1.70. The van der Waals surface area contributed by atoms with E-state index in [1.807, 2.05) is 38.1 Å². The van der Waals surface area contributed by atoms with Gasteiger partial charge >= 0.3 is 6.09 Å². The van der Waals surface area contributed by atoms with Crippen LogP contribution >= 0.6 is 0 Å². The third-order valence-corrected chi connectivity index (χ3v) is 5.04. The fraction of sp³-hybridized carbons (Fsp3) is 0.571. The minimum atomic E-state index is -0.666. The number of piperidine rings is 1. The second-order valence-electron chi connectivity index (χ2n) is 7.98. The van der Waals surface area contributed by atoms with Gasteiger partial charge in [-0.25, -0.2) is 4.79 Å². The Balaban J connectivity index is 1.93. The monoisotopic (exact) mass is 404 g/mol. The zero-order chi connectivity index (χ0) is 21.4. The van der Waals surface area contributed by atoms with Gasteiger partial charge in [0.05, 0.1) is 13.0 Å². The molecule has 1 saturated heterocycles. The second kappa shape index (κ2) is 10.8. The summed E-state index contributed by atoms with van der Waals surface area (Å²) in [6.45, 7) is 6.33. The molecule has 3 amide bonds. The zero-order valence-corrected chi connectivity index (χ0v) is 17.4. The molecule has 2 unspecified atom stereocenters. The summed E-state index contributed by atoms with van der Waals surface area (Å²) in [5.41, 5.74) is 7.20. The summed E-state index contributed by atoms with van der Waals surface area (Å²) in [5, 5.41) is 5.42. The standard InChI is InChI=1S/C21H32N4O4/c1-14(2)11-18(24-21(28)29-3)20(27)23-17-8-6-15(7-9-17)12-25-10-4-5-16(13-25)19(22)26/h6-9,14,16,18H,4-5,10-13H2,1-3H3,(H2,22,26)(H,23,27)(H,24,28). The van der Waals surface area contributed by atoms with Gasteiger partial charge in [0, 0.05) is 18.8 Å². The van der Waals surface area contributed by atoms with Crippen molar-refractivity contribution in [3.8, 4) is 0 Å². The van der Waals surface area contributed by atoms with E-state index in [4.69, 9.17) is 5.73 Å². The lowest BCUT2D eigenvalue weighted by Gasteiger charge is -2.31. The SMILES string of the molecule is COC(=O)NC(CC(C)C)C(=O)Nc1ccc(CN2CCCC(C(N)=O)C2)cc1. The summed E-state index contributed by atoms with van der Waals surface area (Å²) < 4.78 is 4.61. The number of amides is 3. The molecule has 2 atom stereocenters. The Bertz CT molecular complexity index is 705. The molecule has 1 aromatic rings. The van der Waals surface area contributed by atoms with Crippen LogP contribution in [0, 0.1) is 11.8 Å². The first kappa shape index (κ1) is 22.7. The maximum atomic E-state index is 12.6. The first-order valence-electron chi connectivity index (χ1n) is 10.0. The number of nitrogens with one attached hydrogen (secondary N) is 2. The predicted octanol–water partition coefficient (Wildman–Crippen LogP) is 2.09.